The molecule has 0 aliphatic heterocycles. The molecule has 5 heteroatoms. The lowest BCUT2D eigenvalue weighted by Gasteiger charge is -2.04. The fraction of sp³-hybridized carbons (Fsp3) is 0.231. The fourth-order valence-electron chi connectivity index (χ4n) is 1.64. The zero-order chi connectivity index (χ0) is 12.8. The van der Waals surface area contributed by atoms with Gasteiger partial charge in [0.2, 0.25) is 0 Å². The Morgan fingerprint density at radius 1 is 1.11 bits per heavy atom. The summed E-state index contributed by atoms with van der Waals surface area (Å²) in [6, 6.07) is 8.00. The lowest BCUT2D eigenvalue weighted by atomic mass is 10.1. The van der Waals surface area contributed by atoms with E-state index in [0.29, 0.717) is 5.82 Å². The summed E-state index contributed by atoms with van der Waals surface area (Å²) in [7, 11) is 0. The minimum absolute atomic E-state index is 0.506. The Morgan fingerprint density at radius 2 is 1.94 bits per heavy atom. The number of nitrogens with zero attached hydrogens (tertiary/aromatic N) is 2. The van der Waals surface area contributed by atoms with Crippen LogP contribution in [-0.4, -0.2) is 15.7 Å². The maximum Gasteiger partial charge on any atom is 0.156 e. The summed E-state index contributed by atoms with van der Waals surface area (Å²) in [5.74, 6) is 1.48. The zero-order valence-electron chi connectivity index (χ0n) is 10.0. The highest BCUT2D eigenvalue weighted by molar-refractivity contribution is 7.99. The van der Waals surface area contributed by atoms with E-state index in [2.05, 4.69) is 16.0 Å². The Kier molecular flexibility index (Phi) is 4.41. The van der Waals surface area contributed by atoms with Crippen molar-refractivity contribution in [2.45, 2.75) is 17.9 Å². The van der Waals surface area contributed by atoms with Crippen molar-refractivity contribution in [2.75, 3.05) is 17.2 Å². The number of hydrogen-bond donors (Lipinski definition) is 2. The summed E-state index contributed by atoms with van der Waals surface area (Å²) >= 11 is 1.64. The number of aryl methyl sites for hydroxylation is 1. The Balaban J connectivity index is 1.78. The van der Waals surface area contributed by atoms with Crippen molar-refractivity contribution < 1.29 is 0 Å². The normalized spacial score (nSPS) is 10.4. The molecule has 94 valence electrons. The molecular weight excluding hydrogens is 244 g/mol. The van der Waals surface area contributed by atoms with Gasteiger partial charge in [-0.15, -0.1) is 11.8 Å². The number of aromatic nitrogens is 2. The lowest BCUT2D eigenvalue weighted by Crippen LogP contribution is -1.96. The summed E-state index contributed by atoms with van der Waals surface area (Å²) in [4.78, 5) is 8.20. The van der Waals surface area contributed by atoms with Gasteiger partial charge in [0.25, 0.3) is 0 Å². The number of anilines is 2. The first kappa shape index (κ1) is 12.7. The van der Waals surface area contributed by atoms with Crippen molar-refractivity contribution in [3.8, 4) is 0 Å². The molecule has 1 aromatic carbocycles. The van der Waals surface area contributed by atoms with Gasteiger partial charge in [0.1, 0.15) is 5.03 Å². The number of rotatable bonds is 5. The molecule has 0 atom stereocenters. The molecule has 1 aromatic heterocycles. The van der Waals surface area contributed by atoms with E-state index in [0.717, 1.165) is 29.3 Å². The third-order valence-electron chi connectivity index (χ3n) is 2.49. The van der Waals surface area contributed by atoms with Crippen LogP contribution in [0, 0.1) is 0 Å². The second-order valence-corrected chi connectivity index (χ2v) is 5.03. The third-order valence-corrected chi connectivity index (χ3v) is 3.57. The van der Waals surface area contributed by atoms with Crippen molar-refractivity contribution in [3.63, 3.8) is 0 Å². The molecule has 0 aliphatic rings. The van der Waals surface area contributed by atoms with E-state index < -0.39 is 0 Å². The van der Waals surface area contributed by atoms with Crippen LogP contribution < -0.4 is 11.5 Å². The van der Waals surface area contributed by atoms with Gasteiger partial charge in [0.05, 0.1) is 0 Å². The number of benzene rings is 1. The molecular formula is C13H16N4S. The minimum atomic E-state index is 0.506. The second-order valence-electron chi connectivity index (χ2n) is 3.94. The molecule has 2 aromatic rings. The highest BCUT2D eigenvalue weighted by Crippen LogP contribution is 2.21. The second kappa shape index (κ2) is 6.26. The van der Waals surface area contributed by atoms with Crippen LogP contribution in [-0.2, 0) is 6.42 Å². The van der Waals surface area contributed by atoms with Gasteiger partial charge in [0.15, 0.2) is 5.82 Å². The summed E-state index contributed by atoms with van der Waals surface area (Å²) < 4.78 is 0. The Bertz CT molecular complexity index is 516. The molecule has 0 aliphatic carbocycles. The van der Waals surface area contributed by atoms with Gasteiger partial charge in [-0.3, -0.25) is 0 Å². The quantitative estimate of drug-likeness (QED) is 0.490. The van der Waals surface area contributed by atoms with Crippen LogP contribution in [0.1, 0.15) is 12.0 Å². The van der Waals surface area contributed by atoms with Crippen LogP contribution in [0.5, 0.6) is 0 Å². The first-order chi connectivity index (χ1) is 8.75. The molecule has 0 saturated heterocycles. The maximum absolute atomic E-state index is 5.73. The Labute approximate surface area is 111 Å². The number of thioether (sulfide) groups is 1. The molecule has 0 spiro atoms. The van der Waals surface area contributed by atoms with Crippen LogP contribution in [0.4, 0.5) is 11.5 Å². The van der Waals surface area contributed by atoms with E-state index in [1.807, 2.05) is 18.2 Å². The molecule has 0 fully saturated rings. The molecule has 18 heavy (non-hydrogen) atoms. The van der Waals surface area contributed by atoms with E-state index in [1.54, 1.807) is 24.2 Å². The van der Waals surface area contributed by atoms with Gasteiger partial charge in [-0.1, -0.05) is 12.1 Å². The number of nitrogen functional groups attached to an aromatic ring is 2. The van der Waals surface area contributed by atoms with Gasteiger partial charge in [-0.05, 0) is 36.3 Å². The SMILES string of the molecule is Nc1cccc(CCCSc2nccnc2N)c1. The summed E-state index contributed by atoms with van der Waals surface area (Å²) in [5.41, 5.74) is 13.5. The van der Waals surface area contributed by atoms with Gasteiger partial charge in [-0.25, -0.2) is 9.97 Å². The molecule has 0 saturated carbocycles. The zero-order valence-corrected chi connectivity index (χ0v) is 10.9. The van der Waals surface area contributed by atoms with E-state index in [4.69, 9.17) is 11.5 Å². The monoisotopic (exact) mass is 260 g/mol. The van der Waals surface area contributed by atoms with E-state index in [-0.39, 0.29) is 0 Å². The third kappa shape index (κ3) is 3.63. The molecule has 2 rings (SSSR count). The molecule has 4 nitrogen and oxygen atoms in total. The van der Waals surface area contributed by atoms with Crippen LogP contribution >= 0.6 is 11.8 Å². The van der Waals surface area contributed by atoms with Crippen molar-refractivity contribution in [2.24, 2.45) is 0 Å². The highest BCUT2D eigenvalue weighted by Gasteiger charge is 2.01. The van der Waals surface area contributed by atoms with Crippen molar-refractivity contribution in [1.29, 1.82) is 0 Å². The van der Waals surface area contributed by atoms with Gasteiger partial charge in [0, 0.05) is 18.1 Å². The fourth-order valence-corrected chi connectivity index (χ4v) is 2.46. The van der Waals surface area contributed by atoms with Crippen molar-refractivity contribution in [1.82, 2.24) is 9.97 Å². The first-order valence-electron chi connectivity index (χ1n) is 5.79. The minimum Gasteiger partial charge on any atom is -0.399 e. The molecule has 0 amide bonds. The standard InChI is InChI=1S/C13H16N4S/c14-11-5-1-3-10(9-11)4-2-8-18-13-12(15)16-6-7-17-13/h1,3,5-7,9H,2,4,8,14H2,(H2,15,16). The van der Waals surface area contributed by atoms with Crippen LogP contribution in [0.15, 0.2) is 41.7 Å². The van der Waals surface area contributed by atoms with Crippen molar-refractivity contribution >= 4 is 23.3 Å². The highest BCUT2D eigenvalue weighted by atomic mass is 32.2. The van der Waals surface area contributed by atoms with Crippen molar-refractivity contribution in [3.05, 3.63) is 42.2 Å². The van der Waals surface area contributed by atoms with Crippen LogP contribution in [0.25, 0.3) is 0 Å². The number of hydrogen-bond acceptors (Lipinski definition) is 5. The average Bonchev–Trinajstić information content (AvgIpc) is 2.37. The average molecular weight is 260 g/mol. The summed E-state index contributed by atoms with van der Waals surface area (Å²) in [6.45, 7) is 0. The molecule has 1 heterocycles. The number of nitrogens with two attached hydrogens (primary N) is 2. The smallest absolute Gasteiger partial charge is 0.156 e. The molecule has 0 bridgehead atoms. The van der Waals surface area contributed by atoms with Crippen LogP contribution in [0.3, 0.4) is 0 Å². The van der Waals surface area contributed by atoms with E-state index in [9.17, 15) is 0 Å². The van der Waals surface area contributed by atoms with E-state index in [1.165, 1.54) is 5.56 Å². The first-order valence-corrected chi connectivity index (χ1v) is 6.78. The predicted molar refractivity (Wildman–Crippen MR) is 76.3 cm³/mol. The summed E-state index contributed by atoms with van der Waals surface area (Å²) in [6.07, 6.45) is 5.34. The summed E-state index contributed by atoms with van der Waals surface area (Å²) in [5, 5.41) is 0.810. The topological polar surface area (TPSA) is 77.8 Å². The Morgan fingerprint density at radius 3 is 2.72 bits per heavy atom. The van der Waals surface area contributed by atoms with Crippen LogP contribution in [0.2, 0.25) is 0 Å². The maximum atomic E-state index is 5.73. The molecule has 0 radical (unpaired) electrons. The largest absolute Gasteiger partial charge is 0.399 e. The molecule has 4 N–H and O–H groups in total. The van der Waals surface area contributed by atoms with Gasteiger partial charge < -0.3 is 11.5 Å². The van der Waals surface area contributed by atoms with E-state index >= 15 is 0 Å². The molecule has 0 unspecified atom stereocenters. The Hall–Kier alpha value is -1.75. The van der Waals surface area contributed by atoms with Gasteiger partial charge in [-0.2, -0.15) is 0 Å². The van der Waals surface area contributed by atoms with Gasteiger partial charge >= 0.3 is 0 Å². The predicted octanol–water partition coefficient (Wildman–Crippen LogP) is 2.37. The lowest BCUT2D eigenvalue weighted by molar-refractivity contribution is 0.930.